The number of likely N-dealkylation sites (N-methyl/N-ethyl adjacent to an activating group) is 1. The molecule has 0 aromatic rings. The van der Waals surface area contributed by atoms with Crippen molar-refractivity contribution in [3.63, 3.8) is 0 Å². The first-order chi connectivity index (χ1) is 8.60. The second-order valence-electron chi connectivity index (χ2n) is 4.19. The molecule has 102 valence electrons. The van der Waals surface area contributed by atoms with Gasteiger partial charge in [-0.05, 0) is 13.3 Å². The maximum atomic E-state index is 11.7. The van der Waals surface area contributed by atoms with Crippen LogP contribution in [-0.4, -0.2) is 60.4 Å². The average molecular weight is 256 g/mol. The molecule has 1 aliphatic heterocycles. The Labute approximate surface area is 107 Å². The van der Waals surface area contributed by atoms with Crippen LogP contribution in [-0.2, 0) is 19.1 Å². The molecule has 2 amide bonds. The van der Waals surface area contributed by atoms with Crippen LogP contribution in [0.4, 0.5) is 0 Å². The van der Waals surface area contributed by atoms with Gasteiger partial charge >= 0.3 is 17.8 Å². The smallest absolute Gasteiger partial charge is 0.325 e. The largest absolute Gasteiger partial charge is 0.464 e. The summed E-state index contributed by atoms with van der Waals surface area (Å²) >= 11 is 0. The van der Waals surface area contributed by atoms with E-state index in [1.165, 1.54) is 9.80 Å². The van der Waals surface area contributed by atoms with E-state index < -0.39 is 17.8 Å². The van der Waals surface area contributed by atoms with Crippen LogP contribution < -0.4 is 0 Å². The number of unbranched alkanes of at least 4 members (excludes halogenated alkanes) is 1. The summed E-state index contributed by atoms with van der Waals surface area (Å²) < 4.78 is 4.96. The molecule has 6 nitrogen and oxygen atoms in total. The monoisotopic (exact) mass is 256 g/mol. The van der Waals surface area contributed by atoms with Crippen LogP contribution in [0.1, 0.15) is 26.7 Å². The van der Waals surface area contributed by atoms with Gasteiger partial charge in [-0.2, -0.15) is 0 Å². The third kappa shape index (κ3) is 3.72. The van der Waals surface area contributed by atoms with E-state index in [9.17, 15) is 14.4 Å². The van der Waals surface area contributed by atoms with Crippen molar-refractivity contribution in [2.75, 3.05) is 32.8 Å². The fourth-order valence-electron chi connectivity index (χ4n) is 1.70. The van der Waals surface area contributed by atoms with Gasteiger partial charge in [0, 0.05) is 19.6 Å². The van der Waals surface area contributed by atoms with E-state index in [-0.39, 0.29) is 6.54 Å². The first kappa shape index (κ1) is 14.5. The highest BCUT2D eigenvalue weighted by atomic mass is 16.5. The van der Waals surface area contributed by atoms with Gasteiger partial charge in [-0.25, -0.2) is 0 Å². The Morgan fingerprint density at radius 1 is 1.17 bits per heavy atom. The molecule has 0 aromatic heterocycles. The van der Waals surface area contributed by atoms with Gasteiger partial charge in [0.25, 0.3) is 0 Å². The fourth-order valence-corrected chi connectivity index (χ4v) is 1.70. The first-order valence-electron chi connectivity index (χ1n) is 6.34. The van der Waals surface area contributed by atoms with Crippen molar-refractivity contribution in [3.8, 4) is 0 Å². The van der Waals surface area contributed by atoms with E-state index in [1.54, 1.807) is 0 Å². The predicted octanol–water partition coefficient (Wildman–Crippen LogP) is 0.0204. The van der Waals surface area contributed by atoms with Gasteiger partial charge in [0.2, 0.25) is 0 Å². The van der Waals surface area contributed by atoms with Crippen LogP contribution in [0, 0.1) is 0 Å². The number of piperazine rings is 1. The van der Waals surface area contributed by atoms with Gasteiger partial charge in [-0.1, -0.05) is 13.3 Å². The molecule has 0 aliphatic carbocycles. The Kier molecular flexibility index (Phi) is 5.61. The maximum Gasteiger partial charge on any atom is 0.325 e. The van der Waals surface area contributed by atoms with Crippen LogP contribution in [0.25, 0.3) is 0 Å². The Bertz CT molecular complexity index is 330. The summed E-state index contributed by atoms with van der Waals surface area (Å²) in [4.78, 5) is 37.5. The molecule has 0 N–H and O–H groups in total. The van der Waals surface area contributed by atoms with Crippen LogP contribution in [0.2, 0.25) is 0 Å². The second-order valence-corrected chi connectivity index (χ2v) is 4.19. The minimum atomic E-state index is -0.615. The molecule has 0 unspecified atom stereocenters. The standard InChI is InChI=1S/C12H20N2O4/c1-3-5-8-18-10(15)9-14-7-6-13(4-2)11(16)12(14)17/h3-9H2,1-2H3. The molecule has 6 heteroatoms. The molecule has 0 aromatic carbocycles. The Morgan fingerprint density at radius 2 is 1.78 bits per heavy atom. The molecular formula is C12H20N2O4. The van der Waals surface area contributed by atoms with Crippen molar-refractivity contribution < 1.29 is 19.1 Å². The van der Waals surface area contributed by atoms with E-state index >= 15 is 0 Å². The lowest BCUT2D eigenvalue weighted by Gasteiger charge is -2.32. The zero-order chi connectivity index (χ0) is 13.5. The number of carbonyl (C=O) groups excluding carboxylic acids is 3. The predicted molar refractivity (Wildman–Crippen MR) is 64.7 cm³/mol. The summed E-state index contributed by atoms with van der Waals surface area (Å²) in [6, 6.07) is 0. The number of nitrogens with zero attached hydrogens (tertiary/aromatic N) is 2. The minimum Gasteiger partial charge on any atom is -0.464 e. The summed E-state index contributed by atoms with van der Waals surface area (Å²) in [5.74, 6) is -1.60. The first-order valence-corrected chi connectivity index (χ1v) is 6.34. The van der Waals surface area contributed by atoms with Crippen molar-refractivity contribution in [1.29, 1.82) is 0 Å². The quantitative estimate of drug-likeness (QED) is 0.382. The van der Waals surface area contributed by atoms with E-state index in [0.29, 0.717) is 26.2 Å². The van der Waals surface area contributed by atoms with Crippen LogP contribution in [0.15, 0.2) is 0 Å². The number of amides is 2. The van der Waals surface area contributed by atoms with Gasteiger partial charge in [0.1, 0.15) is 6.54 Å². The number of carbonyl (C=O) groups is 3. The van der Waals surface area contributed by atoms with Gasteiger partial charge in [0.05, 0.1) is 6.61 Å². The van der Waals surface area contributed by atoms with Crippen LogP contribution >= 0.6 is 0 Å². The third-order valence-electron chi connectivity index (χ3n) is 2.86. The summed E-state index contributed by atoms with van der Waals surface area (Å²) in [7, 11) is 0. The topological polar surface area (TPSA) is 66.9 Å². The average Bonchev–Trinajstić information content (AvgIpc) is 2.36. The molecular weight excluding hydrogens is 236 g/mol. The van der Waals surface area contributed by atoms with Crippen LogP contribution in [0.3, 0.4) is 0 Å². The van der Waals surface area contributed by atoms with Gasteiger partial charge in [-0.3, -0.25) is 14.4 Å². The molecule has 1 fully saturated rings. The van der Waals surface area contributed by atoms with Gasteiger partial charge in [-0.15, -0.1) is 0 Å². The molecule has 1 saturated heterocycles. The van der Waals surface area contributed by atoms with Gasteiger partial charge in [0.15, 0.2) is 0 Å². The molecule has 1 heterocycles. The van der Waals surface area contributed by atoms with Crippen molar-refractivity contribution in [1.82, 2.24) is 9.80 Å². The molecule has 0 spiro atoms. The zero-order valence-corrected chi connectivity index (χ0v) is 11.0. The molecule has 1 rings (SSSR count). The number of hydrogen-bond donors (Lipinski definition) is 0. The molecule has 0 saturated carbocycles. The fraction of sp³-hybridized carbons (Fsp3) is 0.750. The Balaban J connectivity index is 2.41. The minimum absolute atomic E-state index is 0.133. The number of hydrogen-bond acceptors (Lipinski definition) is 4. The van der Waals surface area contributed by atoms with E-state index in [0.717, 1.165) is 12.8 Å². The van der Waals surface area contributed by atoms with E-state index in [4.69, 9.17) is 4.74 Å². The second kappa shape index (κ2) is 6.98. The summed E-state index contributed by atoms with van der Waals surface area (Å²) in [6.07, 6.45) is 1.75. The maximum absolute atomic E-state index is 11.7. The highest BCUT2D eigenvalue weighted by molar-refractivity contribution is 6.35. The zero-order valence-electron chi connectivity index (χ0n) is 11.0. The summed E-state index contributed by atoms with van der Waals surface area (Å²) in [5, 5.41) is 0. The SMILES string of the molecule is CCCCOC(=O)CN1CCN(CC)C(=O)C1=O. The van der Waals surface area contributed by atoms with E-state index in [2.05, 4.69) is 0 Å². The molecule has 0 radical (unpaired) electrons. The van der Waals surface area contributed by atoms with Crippen molar-refractivity contribution >= 4 is 17.8 Å². The number of esters is 1. The highest BCUT2D eigenvalue weighted by Gasteiger charge is 2.32. The Morgan fingerprint density at radius 3 is 2.39 bits per heavy atom. The van der Waals surface area contributed by atoms with Crippen molar-refractivity contribution in [2.24, 2.45) is 0 Å². The van der Waals surface area contributed by atoms with Gasteiger partial charge < -0.3 is 14.5 Å². The lowest BCUT2D eigenvalue weighted by Crippen LogP contribution is -2.55. The lowest BCUT2D eigenvalue weighted by atomic mass is 10.3. The van der Waals surface area contributed by atoms with Crippen molar-refractivity contribution in [3.05, 3.63) is 0 Å². The number of rotatable bonds is 6. The molecule has 1 aliphatic rings. The molecule has 0 bridgehead atoms. The third-order valence-corrected chi connectivity index (χ3v) is 2.86. The summed E-state index contributed by atoms with van der Waals surface area (Å²) in [5.41, 5.74) is 0. The van der Waals surface area contributed by atoms with E-state index in [1.807, 2.05) is 13.8 Å². The number of ether oxygens (including phenoxy) is 1. The summed E-state index contributed by atoms with van der Waals surface area (Å²) in [6.45, 7) is 5.43. The normalized spacial score (nSPS) is 16.1. The van der Waals surface area contributed by atoms with Crippen molar-refractivity contribution in [2.45, 2.75) is 26.7 Å². The lowest BCUT2D eigenvalue weighted by molar-refractivity contribution is -0.159. The Hall–Kier alpha value is -1.59. The van der Waals surface area contributed by atoms with Crippen LogP contribution in [0.5, 0.6) is 0 Å². The molecule has 0 atom stereocenters. The highest BCUT2D eigenvalue weighted by Crippen LogP contribution is 2.05. The molecule has 18 heavy (non-hydrogen) atoms.